The van der Waals surface area contributed by atoms with E-state index in [-0.39, 0.29) is 29.7 Å². The van der Waals surface area contributed by atoms with Crippen LogP contribution in [0.3, 0.4) is 0 Å². The third-order valence-electron chi connectivity index (χ3n) is 9.37. The summed E-state index contributed by atoms with van der Waals surface area (Å²) in [5.74, 6) is 0.378. The second kappa shape index (κ2) is 12.0. The second-order valence-electron chi connectivity index (χ2n) is 12.7. The molecule has 0 radical (unpaired) electrons. The van der Waals surface area contributed by atoms with Gasteiger partial charge in [-0.25, -0.2) is 4.39 Å². The first-order chi connectivity index (χ1) is 21.2. The zero-order valence-corrected chi connectivity index (χ0v) is 25.8. The number of anilines is 2. The van der Waals surface area contributed by atoms with E-state index >= 15 is 4.39 Å². The van der Waals surface area contributed by atoms with Crippen LogP contribution in [0.15, 0.2) is 49.1 Å². The van der Waals surface area contributed by atoms with E-state index in [1.165, 1.54) is 25.0 Å². The molecule has 44 heavy (non-hydrogen) atoms. The van der Waals surface area contributed by atoms with Crippen molar-refractivity contribution in [1.29, 1.82) is 5.26 Å². The number of amides is 1. The van der Waals surface area contributed by atoms with E-state index in [9.17, 15) is 10.1 Å². The molecule has 3 aliphatic rings. The Bertz CT molecular complexity index is 1610. The summed E-state index contributed by atoms with van der Waals surface area (Å²) in [5, 5.41) is 11.0. The lowest BCUT2D eigenvalue weighted by atomic mass is 10.0. The highest BCUT2D eigenvalue weighted by Crippen LogP contribution is 2.36. The summed E-state index contributed by atoms with van der Waals surface area (Å²) in [6.07, 6.45) is 4.60. The van der Waals surface area contributed by atoms with Crippen molar-refractivity contribution < 1.29 is 13.9 Å². The van der Waals surface area contributed by atoms with Crippen LogP contribution in [0.5, 0.6) is 6.01 Å². The number of piperazine rings is 1. The minimum absolute atomic E-state index is 0.168. The Balaban J connectivity index is 1.34. The zero-order chi connectivity index (χ0) is 31.0. The molecule has 1 aromatic heterocycles. The molecule has 1 saturated carbocycles. The van der Waals surface area contributed by atoms with Gasteiger partial charge in [-0.3, -0.25) is 9.69 Å². The van der Waals surface area contributed by atoms with Crippen molar-refractivity contribution in [2.75, 3.05) is 49.6 Å². The van der Waals surface area contributed by atoms with Crippen molar-refractivity contribution in [3.05, 3.63) is 66.1 Å². The molecule has 1 saturated heterocycles. The van der Waals surface area contributed by atoms with Crippen LogP contribution < -0.4 is 14.5 Å². The van der Waals surface area contributed by atoms with Gasteiger partial charge in [0.2, 0.25) is 5.91 Å². The van der Waals surface area contributed by atoms with Gasteiger partial charge >= 0.3 is 6.01 Å². The monoisotopic (exact) mass is 597 g/mol. The first-order valence-electron chi connectivity index (χ1n) is 15.4. The first kappa shape index (κ1) is 29.8. The Morgan fingerprint density at radius 2 is 1.95 bits per heavy atom. The lowest BCUT2D eigenvalue weighted by Gasteiger charge is -2.42. The maximum Gasteiger partial charge on any atom is 0.318 e. The van der Waals surface area contributed by atoms with Crippen LogP contribution in [0.1, 0.15) is 44.4 Å². The average Bonchev–Trinajstić information content (AvgIpc) is 3.88. The molecule has 230 valence electrons. The standard InChI is InChI=1S/C34H40FN7O2/c1-5-30(43)42-19-18-41(20-25(42)14-16-36)32-26-15-17-40(29-11-7-9-23-8-6-10-27(35)31(23)29)21-28(26)37-33(38-32)44-22-34(2,3)39(4)24-12-13-24/h5-11,24-25H,1,12-15,17-22H2,2-4H3/t25-/m0/s1. The van der Waals surface area contributed by atoms with Gasteiger partial charge in [0.15, 0.2) is 0 Å². The number of rotatable bonds is 9. The van der Waals surface area contributed by atoms with Crippen molar-refractivity contribution in [3.8, 4) is 12.1 Å². The van der Waals surface area contributed by atoms with Crippen LogP contribution in [0.25, 0.3) is 10.8 Å². The molecule has 0 N–H and O–H groups in total. The number of ether oxygens (including phenoxy) is 1. The minimum Gasteiger partial charge on any atom is -0.461 e. The maximum atomic E-state index is 15.1. The van der Waals surface area contributed by atoms with Crippen LogP contribution in [0, 0.1) is 17.1 Å². The molecule has 2 fully saturated rings. The summed E-state index contributed by atoms with van der Waals surface area (Å²) in [4.78, 5) is 30.9. The topological polar surface area (TPSA) is 88.8 Å². The van der Waals surface area contributed by atoms with Crippen LogP contribution in [-0.4, -0.2) is 83.1 Å². The van der Waals surface area contributed by atoms with Crippen LogP contribution in [0.4, 0.5) is 15.9 Å². The first-order valence-corrected chi connectivity index (χ1v) is 15.4. The van der Waals surface area contributed by atoms with E-state index in [1.807, 2.05) is 24.3 Å². The van der Waals surface area contributed by atoms with Gasteiger partial charge < -0.3 is 19.4 Å². The lowest BCUT2D eigenvalue weighted by Crippen LogP contribution is -2.55. The molecule has 1 atom stereocenters. The fourth-order valence-corrected chi connectivity index (χ4v) is 6.49. The van der Waals surface area contributed by atoms with Gasteiger partial charge in [0, 0.05) is 54.4 Å². The smallest absolute Gasteiger partial charge is 0.318 e. The number of hydrogen-bond acceptors (Lipinski definition) is 8. The highest BCUT2D eigenvalue weighted by atomic mass is 19.1. The summed E-state index contributed by atoms with van der Waals surface area (Å²) in [7, 11) is 2.14. The number of halogens is 1. The van der Waals surface area contributed by atoms with E-state index in [1.54, 1.807) is 11.0 Å². The molecule has 2 aromatic carbocycles. The number of nitrogens with zero attached hydrogens (tertiary/aromatic N) is 7. The second-order valence-corrected chi connectivity index (χ2v) is 12.7. The third kappa shape index (κ3) is 5.81. The molecule has 1 aliphatic carbocycles. The minimum atomic E-state index is -0.279. The van der Waals surface area contributed by atoms with Crippen LogP contribution in [-0.2, 0) is 17.8 Å². The Hall–Kier alpha value is -4.23. The Labute approximate surface area is 258 Å². The highest BCUT2D eigenvalue weighted by molar-refractivity contribution is 5.95. The number of carbonyl (C=O) groups is 1. The summed E-state index contributed by atoms with van der Waals surface area (Å²) in [6.45, 7) is 11.1. The van der Waals surface area contributed by atoms with Gasteiger partial charge in [-0.1, -0.05) is 30.8 Å². The van der Waals surface area contributed by atoms with Crippen molar-refractivity contribution in [1.82, 2.24) is 19.8 Å². The SMILES string of the molecule is C=CC(=O)N1CCN(c2nc(OCC(C)(C)N(C)C3CC3)nc3c2CCN(c2cccc4cccc(F)c24)C3)C[C@@H]1CC#N. The van der Waals surface area contributed by atoms with Gasteiger partial charge in [0.05, 0.1) is 30.8 Å². The summed E-state index contributed by atoms with van der Waals surface area (Å²) in [6, 6.07) is 13.9. The number of carbonyl (C=O) groups excluding carboxylic acids is 1. The van der Waals surface area contributed by atoms with Crippen molar-refractivity contribution >= 4 is 28.2 Å². The number of benzene rings is 2. The molecule has 3 heterocycles. The quantitative estimate of drug-likeness (QED) is 0.328. The van der Waals surface area contributed by atoms with Gasteiger partial charge in [0.1, 0.15) is 18.2 Å². The average molecular weight is 598 g/mol. The predicted octanol–water partition coefficient (Wildman–Crippen LogP) is 4.70. The van der Waals surface area contributed by atoms with Crippen molar-refractivity contribution in [2.24, 2.45) is 0 Å². The van der Waals surface area contributed by atoms with Crippen LogP contribution >= 0.6 is 0 Å². The summed E-state index contributed by atoms with van der Waals surface area (Å²) < 4.78 is 21.4. The van der Waals surface area contributed by atoms with Crippen LogP contribution in [0.2, 0.25) is 0 Å². The van der Waals surface area contributed by atoms with Gasteiger partial charge in [-0.15, -0.1) is 0 Å². The Kier molecular flexibility index (Phi) is 8.16. The highest BCUT2D eigenvalue weighted by Gasteiger charge is 2.37. The zero-order valence-electron chi connectivity index (χ0n) is 25.8. The fourth-order valence-electron chi connectivity index (χ4n) is 6.49. The van der Waals surface area contributed by atoms with Gasteiger partial charge in [-0.2, -0.15) is 15.2 Å². The predicted molar refractivity (Wildman–Crippen MR) is 169 cm³/mol. The molecular formula is C34H40FN7O2. The number of fused-ring (bicyclic) bond motifs is 2. The molecule has 2 aliphatic heterocycles. The normalized spacial score (nSPS) is 18.7. The molecule has 6 rings (SSSR count). The molecule has 0 bridgehead atoms. The van der Waals surface area contributed by atoms with E-state index < -0.39 is 0 Å². The molecular weight excluding hydrogens is 557 g/mol. The van der Waals surface area contributed by atoms with E-state index in [4.69, 9.17) is 14.7 Å². The molecule has 0 unspecified atom stereocenters. The Morgan fingerprint density at radius 3 is 2.68 bits per heavy atom. The van der Waals surface area contributed by atoms with Gasteiger partial charge in [-0.05, 0) is 63.8 Å². The Morgan fingerprint density at radius 1 is 1.18 bits per heavy atom. The number of nitriles is 1. The summed E-state index contributed by atoms with van der Waals surface area (Å²) >= 11 is 0. The van der Waals surface area contributed by atoms with E-state index in [0.717, 1.165) is 28.1 Å². The number of hydrogen-bond donors (Lipinski definition) is 0. The van der Waals surface area contributed by atoms with Crippen molar-refractivity contribution in [2.45, 2.75) is 63.7 Å². The number of likely N-dealkylation sites (N-methyl/N-ethyl adjacent to an activating group) is 1. The van der Waals surface area contributed by atoms with E-state index in [0.29, 0.717) is 63.2 Å². The molecule has 0 spiro atoms. The van der Waals surface area contributed by atoms with Gasteiger partial charge in [0.25, 0.3) is 0 Å². The van der Waals surface area contributed by atoms with Crippen molar-refractivity contribution in [3.63, 3.8) is 0 Å². The molecule has 1 amide bonds. The molecule has 3 aromatic rings. The third-order valence-corrected chi connectivity index (χ3v) is 9.37. The molecule has 10 heteroatoms. The fraction of sp³-hybridized carbons (Fsp3) is 0.471. The number of aromatic nitrogens is 2. The lowest BCUT2D eigenvalue weighted by molar-refractivity contribution is -0.128. The van der Waals surface area contributed by atoms with E-state index in [2.05, 4.69) is 48.2 Å². The summed E-state index contributed by atoms with van der Waals surface area (Å²) in [5.41, 5.74) is 2.51. The maximum absolute atomic E-state index is 15.1. The largest absolute Gasteiger partial charge is 0.461 e. The molecule has 9 nitrogen and oxygen atoms in total.